The van der Waals surface area contributed by atoms with Crippen molar-refractivity contribution in [3.63, 3.8) is 0 Å². The number of hydrogen-bond acceptors (Lipinski definition) is 6. The van der Waals surface area contributed by atoms with Crippen molar-refractivity contribution in [3.8, 4) is 0 Å². The molecule has 0 aromatic heterocycles. The number of likely N-dealkylation sites (tertiary alicyclic amines) is 1. The second kappa shape index (κ2) is 12.2. The molecule has 9 heteroatoms. The van der Waals surface area contributed by atoms with Crippen LogP contribution in [-0.4, -0.2) is 81.0 Å². The Hall–Kier alpha value is -2.03. The third-order valence-electron chi connectivity index (χ3n) is 7.78. The molecule has 3 atom stereocenters. The molecule has 1 amide bonds. The van der Waals surface area contributed by atoms with Gasteiger partial charge in [0.1, 0.15) is 6.10 Å². The number of halogens is 2. The summed E-state index contributed by atoms with van der Waals surface area (Å²) in [5.41, 5.74) is 2.75. The van der Waals surface area contributed by atoms with Gasteiger partial charge in [-0.2, -0.15) is 0 Å². The molecule has 0 radical (unpaired) electrons. The minimum Gasteiger partial charge on any atom is -0.386 e. The predicted octanol–water partition coefficient (Wildman–Crippen LogP) is 3.97. The standard InChI is InChI=1S/C28H36Cl2N4O3/c29-22-4-6-23(7-5-22)34-12-9-21(18-34)28(36)31-25(19-32-10-1-2-11-32)27(35)20-3-8-26(24(30)17-20)33-13-15-37-16-14-33/h3-8,17,21,25,27,35H,1-2,9-16,18-19H2,(H,31,36)/t21?,25-,27-/m1/s1. The Bertz CT molecular complexity index is 1060. The van der Waals surface area contributed by atoms with E-state index < -0.39 is 12.1 Å². The Morgan fingerprint density at radius 2 is 1.73 bits per heavy atom. The van der Waals surface area contributed by atoms with Crippen LogP contribution in [0.1, 0.15) is 30.9 Å². The molecule has 2 N–H and O–H groups in total. The van der Waals surface area contributed by atoms with Crippen molar-refractivity contribution in [3.05, 3.63) is 58.1 Å². The summed E-state index contributed by atoms with van der Waals surface area (Å²) in [6, 6.07) is 13.1. The lowest BCUT2D eigenvalue weighted by atomic mass is 9.99. The van der Waals surface area contributed by atoms with Crippen LogP contribution >= 0.6 is 23.2 Å². The van der Waals surface area contributed by atoms with Gasteiger partial charge in [0.05, 0.1) is 35.9 Å². The van der Waals surface area contributed by atoms with Gasteiger partial charge >= 0.3 is 0 Å². The lowest BCUT2D eigenvalue weighted by Crippen LogP contribution is -2.48. The maximum absolute atomic E-state index is 13.4. The predicted molar refractivity (Wildman–Crippen MR) is 149 cm³/mol. The van der Waals surface area contributed by atoms with Gasteiger partial charge in [-0.05, 0) is 74.3 Å². The van der Waals surface area contributed by atoms with Gasteiger partial charge in [0.25, 0.3) is 0 Å². The molecule has 1 unspecified atom stereocenters. The van der Waals surface area contributed by atoms with E-state index in [9.17, 15) is 9.90 Å². The molecule has 5 rings (SSSR count). The average Bonchev–Trinajstić information content (AvgIpc) is 3.61. The van der Waals surface area contributed by atoms with Crippen LogP contribution in [0.4, 0.5) is 11.4 Å². The van der Waals surface area contributed by atoms with Gasteiger partial charge in [-0.15, -0.1) is 0 Å². The van der Waals surface area contributed by atoms with E-state index in [0.29, 0.717) is 36.3 Å². The molecular weight excluding hydrogens is 511 g/mol. The third kappa shape index (κ3) is 6.52. The van der Waals surface area contributed by atoms with Crippen molar-refractivity contribution in [2.75, 3.05) is 68.8 Å². The number of morpholine rings is 1. The minimum absolute atomic E-state index is 0.00394. The molecule has 0 spiro atoms. The van der Waals surface area contributed by atoms with Crippen LogP contribution in [0.2, 0.25) is 10.0 Å². The molecule has 3 aliphatic heterocycles. The number of hydrogen-bond donors (Lipinski definition) is 2. The first kappa shape index (κ1) is 26.6. The molecule has 37 heavy (non-hydrogen) atoms. The highest BCUT2D eigenvalue weighted by atomic mass is 35.5. The zero-order valence-electron chi connectivity index (χ0n) is 21.1. The van der Waals surface area contributed by atoms with Crippen molar-refractivity contribution in [2.45, 2.75) is 31.4 Å². The number of aliphatic hydroxyl groups is 1. The molecule has 7 nitrogen and oxygen atoms in total. The van der Waals surface area contributed by atoms with E-state index in [1.165, 1.54) is 0 Å². The van der Waals surface area contributed by atoms with E-state index in [2.05, 4.69) is 20.0 Å². The molecule has 3 saturated heterocycles. The van der Waals surface area contributed by atoms with Crippen LogP contribution in [0, 0.1) is 5.92 Å². The van der Waals surface area contributed by atoms with Crippen molar-refractivity contribution < 1.29 is 14.6 Å². The summed E-state index contributed by atoms with van der Waals surface area (Å²) in [4.78, 5) is 20.1. The van der Waals surface area contributed by atoms with Crippen LogP contribution in [0.5, 0.6) is 0 Å². The molecule has 0 aliphatic carbocycles. The molecule has 3 heterocycles. The number of nitrogens with zero attached hydrogens (tertiary/aromatic N) is 3. The highest BCUT2D eigenvalue weighted by Crippen LogP contribution is 2.31. The quantitative estimate of drug-likeness (QED) is 0.522. The van der Waals surface area contributed by atoms with Crippen molar-refractivity contribution in [1.29, 1.82) is 0 Å². The fourth-order valence-electron chi connectivity index (χ4n) is 5.63. The fourth-order valence-corrected chi connectivity index (χ4v) is 6.06. The zero-order chi connectivity index (χ0) is 25.8. The summed E-state index contributed by atoms with van der Waals surface area (Å²) in [5.74, 6) is -0.132. The number of rotatable bonds is 8. The topological polar surface area (TPSA) is 68.3 Å². The van der Waals surface area contributed by atoms with Gasteiger partial charge in [0, 0.05) is 43.4 Å². The van der Waals surface area contributed by atoms with Gasteiger partial charge in [0.2, 0.25) is 5.91 Å². The number of aliphatic hydroxyl groups excluding tert-OH is 1. The Morgan fingerprint density at radius 3 is 2.43 bits per heavy atom. The maximum atomic E-state index is 13.4. The number of ether oxygens (including phenoxy) is 1. The number of carbonyl (C=O) groups excluding carboxylic acids is 1. The summed E-state index contributed by atoms with van der Waals surface area (Å²) in [7, 11) is 0. The number of anilines is 2. The highest BCUT2D eigenvalue weighted by molar-refractivity contribution is 6.33. The largest absolute Gasteiger partial charge is 0.386 e. The van der Waals surface area contributed by atoms with Gasteiger partial charge in [-0.3, -0.25) is 4.79 Å². The number of carbonyl (C=O) groups is 1. The number of benzene rings is 2. The van der Waals surface area contributed by atoms with Crippen molar-refractivity contribution >= 4 is 40.5 Å². The first-order valence-electron chi connectivity index (χ1n) is 13.3. The zero-order valence-corrected chi connectivity index (χ0v) is 22.6. The maximum Gasteiger partial charge on any atom is 0.225 e. The smallest absolute Gasteiger partial charge is 0.225 e. The monoisotopic (exact) mass is 546 g/mol. The Labute approximate surface area is 229 Å². The van der Waals surface area contributed by atoms with E-state index in [-0.39, 0.29) is 11.8 Å². The van der Waals surface area contributed by atoms with E-state index in [4.69, 9.17) is 27.9 Å². The Morgan fingerprint density at radius 1 is 1.00 bits per heavy atom. The van der Waals surface area contributed by atoms with E-state index >= 15 is 0 Å². The average molecular weight is 548 g/mol. The molecule has 0 saturated carbocycles. The summed E-state index contributed by atoms with van der Waals surface area (Å²) in [6.45, 7) is 7.02. The SMILES string of the molecule is O=C(N[C@H](CN1CCCC1)[C@H](O)c1ccc(N2CCOCC2)c(Cl)c1)C1CCN(c2ccc(Cl)cc2)C1. The first-order valence-corrected chi connectivity index (χ1v) is 14.1. The Balaban J connectivity index is 1.27. The Kier molecular flexibility index (Phi) is 8.78. The second-order valence-electron chi connectivity index (χ2n) is 10.3. The number of nitrogens with one attached hydrogen (secondary N) is 1. The summed E-state index contributed by atoms with van der Waals surface area (Å²) >= 11 is 12.7. The minimum atomic E-state index is -0.852. The molecular formula is C28H36Cl2N4O3. The molecule has 200 valence electrons. The summed E-state index contributed by atoms with van der Waals surface area (Å²) in [5, 5.41) is 16.0. The lowest BCUT2D eigenvalue weighted by molar-refractivity contribution is -0.126. The van der Waals surface area contributed by atoms with Gasteiger partial charge in [-0.1, -0.05) is 29.3 Å². The van der Waals surface area contributed by atoms with Crippen LogP contribution in [0.15, 0.2) is 42.5 Å². The van der Waals surface area contributed by atoms with Gasteiger partial charge in [-0.25, -0.2) is 0 Å². The molecule has 2 aromatic rings. The van der Waals surface area contributed by atoms with Crippen LogP contribution in [0.25, 0.3) is 0 Å². The van der Waals surface area contributed by atoms with Crippen LogP contribution < -0.4 is 15.1 Å². The number of amides is 1. The molecule has 0 bridgehead atoms. The van der Waals surface area contributed by atoms with Gasteiger partial charge in [0.15, 0.2) is 0 Å². The lowest BCUT2D eigenvalue weighted by Gasteiger charge is -2.31. The van der Waals surface area contributed by atoms with E-state index in [0.717, 1.165) is 68.9 Å². The summed E-state index contributed by atoms with van der Waals surface area (Å²) < 4.78 is 5.46. The van der Waals surface area contributed by atoms with Crippen molar-refractivity contribution in [1.82, 2.24) is 10.2 Å². The molecule has 3 fully saturated rings. The molecule has 3 aliphatic rings. The third-order valence-corrected chi connectivity index (χ3v) is 8.33. The van der Waals surface area contributed by atoms with Crippen LogP contribution in [0.3, 0.4) is 0 Å². The first-order chi connectivity index (χ1) is 18.0. The van der Waals surface area contributed by atoms with Crippen molar-refractivity contribution in [2.24, 2.45) is 5.92 Å². The van der Waals surface area contributed by atoms with E-state index in [1.807, 2.05) is 42.5 Å². The normalized spacial score (nSPS) is 22.3. The molecule has 2 aromatic carbocycles. The fraction of sp³-hybridized carbons (Fsp3) is 0.536. The summed E-state index contributed by atoms with van der Waals surface area (Å²) in [6.07, 6.45) is 2.22. The highest BCUT2D eigenvalue weighted by Gasteiger charge is 2.33. The second-order valence-corrected chi connectivity index (χ2v) is 11.1. The van der Waals surface area contributed by atoms with Gasteiger partial charge < -0.3 is 29.9 Å². The van der Waals surface area contributed by atoms with Crippen LogP contribution in [-0.2, 0) is 9.53 Å². The van der Waals surface area contributed by atoms with E-state index in [1.54, 1.807) is 0 Å².